The molecule has 1 amide bonds. The van der Waals surface area contributed by atoms with Crippen molar-refractivity contribution >= 4 is 21.8 Å². The molecule has 1 saturated heterocycles. The summed E-state index contributed by atoms with van der Waals surface area (Å²) in [5, 5.41) is 7.44. The standard InChI is InChI=1S/C22H23BrN4O/c23-19-8-10-20(11-9-19)27-16-18(14-25-27)22(28)24-15-21(26-12-4-5-13-26)17-6-2-1-3-7-17/h1-3,6-11,14,16,21H,4-5,12-13,15H2,(H,24,28). The van der Waals surface area contributed by atoms with Crippen LogP contribution in [-0.2, 0) is 0 Å². The molecule has 1 unspecified atom stereocenters. The molecule has 6 heteroatoms. The second kappa shape index (κ2) is 8.71. The van der Waals surface area contributed by atoms with Gasteiger partial charge in [0.05, 0.1) is 23.5 Å². The molecule has 0 spiro atoms. The van der Waals surface area contributed by atoms with Crippen molar-refractivity contribution in [1.29, 1.82) is 0 Å². The van der Waals surface area contributed by atoms with Crippen LogP contribution in [-0.4, -0.2) is 40.2 Å². The third-order valence-corrected chi connectivity index (χ3v) is 5.69. The summed E-state index contributed by atoms with van der Waals surface area (Å²) >= 11 is 3.43. The van der Waals surface area contributed by atoms with Crippen molar-refractivity contribution in [2.75, 3.05) is 19.6 Å². The monoisotopic (exact) mass is 438 g/mol. The van der Waals surface area contributed by atoms with Crippen molar-refractivity contribution in [3.63, 3.8) is 0 Å². The SMILES string of the molecule is O=C(NCC(c1ccccc1)N1CCCC1)c1cnn(-c2ccc(Br)cc2)c1. The number of likely N-dealkylation sites (tertiary alicyclic amines) is 1. The molecule has 144 valence electrons. The van der Waals surface area contributed by atoms with Crippen molar-refractivity contribution in [1.82, 2.24) is 20.0 Å². The third kappa shape index (κ3) is 4.34. The minimum Gasteiger partial charge on any atom is -0.350 e. The first kappa shape index (κ1) is 18.9. The highest BCUT2D eigenvalue weighted by Gasteiger charge is 2.24. The highest BCUT2D eigenvalue weighted by atomic mass is 79.9. The Bertz CT molecular complexity index is 917. The summed E-state index contributed by atoms with van der Waals surface area (Å²) in [6.07, 6.45) is 5.82. The van der Waals surface area contributed by atoms with Gasteiger partial charge in [-0.1, -0.05) is 46.3 Å². The van der Waals surface area contributed by atoms with Crippen molar-refractivity contribution in [3.8, 4) is 5.69 Å². The molecule has 1 fully saturated rings. The quantitative estimate of drug-likeness (QED) is 0.627. The molecule has 1 aliphatic heterocycles. The van der Waals surface area contributed by atoms with E-state index in [0.29, 0.717) is 12.1 Å². The molecule has 1 aromatic heterocycles. The van der Waals surface area contributed by atoms with Crippen LogP contribution in [0.25, 0.3) is 5.69 Å². The maximum absolute atomic E-state index is 12.7. The number of aromatic nitrogens is 2. The van der Waals surface area contributed by atoms with Gasteiger partial charge in [-0.3, -0.25) is 9.69 Å². The highest BCUT2D eigenvalue weighted by Crippen LogP contribution is 2.24. The van der Waals surface area contributed by atoms with Gasteiger partial charge in [0.1, 0.15) is 0 Å². The van der Waals surface area contributed by atoms with E-state index >= 15 is 0 Å². The van der Waals surface area contributed by atoms with E-state index in [1.807, 2.05) is 30.3 Å². The average molecular weight is 439 g/mol. The molecule has 0 aliphatic carbocycles. The van der Waals surface area contributed by atoms with E-state index in [-0.39, 0.29) is 11.9 Å². The molecule has 5 nitrogen and oxygen atoms in total. The molecule has 1 aliphatic rings. The number of nitrogens with one attached hydrogen (secondary N) is 1. The van der Waals surface area contributed by atoms with Crippen LogP contribution >= 0.6 is 15.9 Å². The first-order valence-electron chi connectivity index (χ1n) is 9.58. The number of halogens is 1. The summed E-state index contributed by atoms with van der Waals surface area (Å²) in [7, 11) is 0. The van der Waals surface area contributed by atoms with E-state index in [2.05, 4.69) is 55.5 Å². The predicted molar refractivity (Wildman–Crippen MR) is 114 cm³/mol. The second-order valence-electron chi connectivity index (χ2n) is 7.03. The van der Waals surface area contributed by atoms with Crippen LogP contribution in [0.15, 0.2) is 71.5 Å². The molecular formula is C22H23BrN4O. The highest BCUT2D eigenvalue weighted by molar-refractivity contribution is 9.10. The van der Waals surface area contributed by atoms with Crippen LogP contribution < -0.4 is 5.32 Å². The fourth-order valence-corrected chi connectivity index (χ4v) is 3.92. The Balaban J connectivity index is 1.44. The first-order valence-corrected chi connectivity index (χ1v) is 10.4. The summed E-state index contributed by atoms with van der Waals surface area (Å²) in [4.78, 5) is 15.2. The van der Waals surface area contributed by atoms with Crippen LogP contribution in [0.4, 0.5) is 0 Å². The lowest BCUT2D eigenvalue weighted by atomic mass is 10.1. The van der Waals surface area contributed by atoms with E-state index in [1.165, 1.54) is 18.4 Å². The largest absolute Gasteiger partial charge is 0.350 e. The molecule has 1 N–H and O–H groups in total. The molecule has 4 rings (SSSR count). The molecule has 0 radical (unpaired) electrons. The van der Waals surface area contributed by atoms with Crippen LogP contribution in [0.5, 0.6) is 0 Å². The van der Waals surface area contributed by atoms with E-state index in [0.717, 1.165) is 23.2 Å². The lowest BCUT2D eigenvalue weighted by molar-refractivity contribution is 0.0938. The molecular weight excluding hydrogens is 416 g/mol. The normalized spacial score (nSPS) is 15.5. The maximum atomic E-state index is 12.7. The first-order chi connectivity index (χ1) is 13.7. The molecule has 0 saturated carbocycles. The smallest absolute Gasteiger partial charge is 0.254 e. The maximum Gasteiger partial charge on any atom is 0.254 e. The van der Waals surface area contributed by atoms with E-state index in [9.17, 15) is 4.79 Å². The van der Waals surface area contributed by atoms with Crippen molar-refractivity contribution in [3.05, 3.63) is 82.6 Å². The number of amides is 1. The summed E-state index contributed by atoms with van der Waals surface area (Å²) in [5.74, 6) is -0.0940. The Morgan fingerprint density at radius 2 is 1.79 bits per heavy atom. The van der Waals surface area contributed by atoms with Gasteiger partial charge in [0.2, 0.25) is 0 Å². The van der Waals surface area contributed by atoms with Gasteiger partial charge in [0, 0.05) is 17.2 Å². The Morgan fingerprint density at radius 1 is 1.07 bits per heavy atom. The second-order valence-corrected chi connectivity index (χ2v) is 7.95. The van der Waals surface area contributed by atoms with Crippen LogP contribution in [0.3, 0.4) is 0 Å². The van der Waals surface area contributed by atoms with Gasteiger partial charge < -0.3 is 5.32 Å². The molecule has 28 heavy (non-hydrogen) atoms. The molecule has 3 aromatic rings. The molecule has 2 aromatic carbocycles. The van der Waals surface area contributed by atoms with Gasteiger partial charge in [-0.25, -0.2) is 4.68 Å². The van der Waals surface area contributed by atoms with Crippen LogP contribution in [0.2, 0.25) is 0 Å². The summed E-state index contributed by atoms with van der Waals surface area (Å²) in [6.45, 7) is 2.75. The number of benzene rings is 2. The lowest BCUT2D eigenvalue weighted by Crippen LogP contribution is -2.36. The van der Waals surface area contributed by atoms with Gasteiger partial charge in [0.25, 0.3) is 5.91 Å². The average Bonchev–Trinajstić information content (AvgIpc) is 3.42. The van der Waals surface area contributed by atoms with Crippen LogP contribution in [0.1, 0.15) is 34.8 Å². The van der Waals surface area contributed by atoms with Gasteiger partial charge in [-0.05, 0) is 55.8 Å². The topological polar surface area (TPSA) is 50.2 Å². The molecule has 0 bridgehead atoms. The predicted octanol–water partition coefficient (Wildman–Crippen LogP) is 4.20. The number of hydrogen-bond acceptors (Lipinski definition) is 3. The Kier molecular flexibility index (Phi) is 5.88. The third-order valence-electron chi connectivity index (χ3n) is 5.16. The number of nitrogens with zero attached hydrogens (tertiary/aromatic N) is 3. The van der Waals surface area contributed by atoms with Crippen molar-refractivity contribution < 1.29 is 4.79 Å². The molecule has 1 atom stereocenters. The summed E-state index contributed by atoms with van der Waals surface area (Å²) in [5.41, 5.74) is 2.73. The lowest BCUT2D eigenvalue weighted by Gasteiger charge is -2.28. The number of rotatable bonds is 6. The zero-order valence-electron chi connectivity index (χ0n) is 15.6. The van der Waals surface area contributed by atoms with Gasteiger partial charge in [-0.2, -0.15) is 5.10 Å². The minimum absolute atomic E-state index is 0.0940. The summed E-state index contributed by atoms with van der Waals surface area (Å²) < 4.78 is 2.73. The van der Waals surface area contributed by atoms with Gasteiger partial charge in [-0.15, -0.1) is 0 Å². The van der Waals surface area contributed by atoms with Gasteiger partial charge in [0.15, 0.2) is 0 Å². The Morgan fingerprint density at radius 3 is 2.50 bits per heavy atom. The van der Waals surface area contributed by atoms with E-state index in [1.54, 1.807) is 17.1 Å². The number of carbonyl (C=O) groups is 1. The molecule has 2 heterocycles. The van der Waals surface area contributed by atoms with Gasteiger partial charge >= 0.3 is 0 Å². The fourth-order valence-electron chi connectivity index (χ4n) is 3.65. The van der Waals surface area contributed by atoms with Crippen LogP contribution in [0, 0.1) is 0 Å². The summed E-state index contributed by atoms with van der Waals surface area (Å²) in [6, 6.07) is 18.4. The van der Waals surface area contributed by atoms with Crippen molar-refractivity contribution in [2.45, 2.75) is 18.9 Å². The van der Waals surface area contributed by atoms with E-state index < -0.39 is 0 Å². The zero-order valence-corrected chi connectivity index (χ0v) is 17.2. The Labute approximate surface area is 173 Å². The Hall–Kier alpha value is -2.44. The number of carbonyl (C=O) groups excluding carboxylic acids is 1. The number of hydrogen-bond donors (Lipinski definition) is 1. The zero-order chi connectivity index (χ0) is 19.3. The van der Waals surface area contributed by atoms with Crippen molar-refractivity contribution in [2.24, 2.45) is 0 Å². The fraction of sp³-hybridized carbons (Fsp3) is 0.273. The van der Waals surface area contributed by atoms with E-state index in [4.69, 9.17) is 0 Å². The minimum atomic E-state index is -0.0940.